The zero-order valence-electron chi connectivity index (χ0n) is 10.7. The number of hydrogen-bond donors (Lipinski definition) is 0. The first-order valence-corrected chi connectivity index (χ1v) is 8.93. The van der Waals surface area contributed by atoms with E-state index in [0.29, 0.717) is 24.6 Å². The van der Waals surface area contributed by atoms with E-state index in [4.69, 9.17) is 4.74 Å². The second-order valence-electron chi connectivity index (χ2n) is 4.48. The summed E-state index contributed by atoms with van der Waals surface area (Å²) in [6.45, 7) is 1.74. The average Bonchev–Trinajstić information content (AvgIpc) is 2.46. The van der Waals surface area contributed by atoms with Crippen molar-refractivity contribution in [1.29, 1.82) is 0 Å². The molecule has 0 aliphatic carbocycles. The van der Waals surface area contributed by atoms with Crippen molar-refractivity contribution in [2.75, 3.05) is 25.0 Å². The molecule has 1 saturated heterocycles. The summed E-state index contributed by atoms with van der Waals surface area (Å²) in [6, 6.07) is 8.60. The predicted molar refractivity (Wildman–Crippen MR) is 78.0 cm³/mol. The van der Waals surface area contributed by atoms with Crippen molar-refractivity contribution in [3.63, 3.8) is 0 Å². The van der Waals surface area contributed by atoms with Crippen molar-refractivity contribution < 1.29 is 13.2 Å². The van der Waals surface area contributed by atoms with Crippen LogP contribution in [0.15, 0.2) is 35.2 Å². The fourth-order valence-corrected chi connectivity index (χ4v) is 3.87. The number of ether oxygens (including phenoxy) is 1. The Bertz CT molecular complexity index is 484. The van der Waals surface area contributed by atoms with Crippen molar-refractivity contribution in [3.05, 3.63) is 30.3 Å². The van der Waals surface area contributed by atoms with Gasteiger partial charge in [-0.05, 0) is 25.0 Å². The molecule has 0 amide bonds. The summed E-state index contributed by atoms with van der Waals surface area (Å²) >= 11 is 3.32. The summed E-state index contributed by atoms with van der Waals surface area (Å²) in [7, 11) is -3.34. The van der Waals surface area contributed by atoms with Gasteiger partial charge in [-0.2, -0.15) is 4.31 Å². The number of hydrogen-bond acceptors (Lipinski definition) is 3. The van der Waals surface area contributed by atoms with Gasteiger partial charge in [0.1, 0.15) is 0 Å². The predicted octanol–water partition coefficient (Wildman–Crippen LogP) is 2.25. The Morgan fingerprint density at radius 3 is 2.42 bits per heavy atom. The molecule has 6 heteroatoms. The van der Waals surface area contributed by atoms with E-state index in [1.165, 1.54) is 0 Å². The van der Waals surface area contributed by atoms with Crippen LogP contribution in [0.1, 0.15) is 12.8 Å². The van der Waals surface area contributed by atoms with Crippen molar-refractivity contribution in [1.82, 2.24) is 4.31 Å². The lowest BCUT2D eigenvalue weighted by atomic mass is 10.1. The Morgan fingerprint density at radius 1 is 1.21 bits per heavy atom. The maximum Gasteiger partial charge on any atom is 0.243 e. The Morgan fingerprint density at radius 2 is 1.84 bits per heavy atom. The molecule has 0 unspecified atom stereocenters. The van der Waals surface area contributed by atoms with Gasteiger partial charge in [-0.1, -0.05) is 34.1 Å². The average molecular weight is 348 g/mol. The van der Waals surface area contributed by atoms with Crippen molar-refractivity contribution in [2.45, 2.75) is 23.8 Å². The number of nitrogens with zero attached hydrogens (tertiary/aromatic N) is 1. The molecule has 106 valence electrons. The first kappa shape index (κ1) is 15.0. The zero-order chi connectivity index (χ0) is 13.7. The van der Waals surface area contributed by atoms with Gasteiger partial charge >= 0.3 is 0 Å². The largest absolute Gasteiger partial charge is 0.377 e. The van der Waals surface area contributed by atoms with E-state index in [-0.39, 0.29) is 6.10 Å². The van der Waals surface area contributed by atoms with Crippen LogP contribution in [0.2, 0.25) is 0 Å². The van der Waals surface area contributed by atoms with Crippen LogP contribution in [0.3, 0.4) is 0 Å². The Kier molecular flexibility index (Phi) is 5.38. The molecule has 1 fully saturated rings. The highest BCUT2D eigenvalue weighted by Crippen LogP contribution is 2.21. The van der Waals surface area contributed by atoms with Crippen LogP contribution in [0, 0.1) is 0 Å². The van der Waals surface area contributed by atoms with Crippen molar-refractivity contribution in [2.24, 2.45) is 0 Å². The second kappa shape index (κ2) is 6.83. The SMILES string of the molecule is O=S(=O)(c1ccccc1)N1CCC(OCCBr)CC1. The summed E-state index contributed by atoms with van der Waals surface area (Å²) in [6.07, 6.45) is 1.71. The molecule has 0 aromatic heterocycles. The van der Waals surface area contributed by atoms with E-state index in [0.717, 1.165) is 18.2 Å². The Balaban J connectivity index is 1.98. The molecule has 1 aliphatic rings. The molecular formula is C13H18BrNO3S. The lowest BCUT2D eigenvalue weighted by Gasteiger charge is -2.31. The van der Waals surface area contributed by atoms with Gasteiger partial charge in [0.25, 0.3) is 0 Å². The van der Waals surface area contributed by atoms with Crippen LogP contribution >= 0.6 is 15.9 Å². The van der Waals surface area contributed by atoms with Gasteiger partial charge in [0.2, 0.25) is 10.0 Å². The molecule has 2 rings (SSSR count). The van der Waals surface area contributed by atoms with Gasteiger partial charge in [-0.3, -0.25) is 0 Å². The Labute approximate surface area is 122 Å². The molecule has 0 saturated carbocycles. The topological polar surface area (TPSA) is 46.6 Å². The van der Waals surface area contributed by atoms with Crippen LogP contribution in [-0.2, 0) is 14.8 Å². The monoisotopic (exact) mass is 347 g/mol. The third-order valence-electron chi connectivity index (χ3n) is 3.21. The van der Waals surface area contributed by atoms with Crippen LogP contribution < -0.4 is 0 Å². The fourth-order valence-electron chi connectivity index (χ4n) is 2.19. The molecule has 4 nitrogen and oxygen atoms in total. The first-order chi connectivity index (χ1) is 9.14. The molecule has 0 atom stereocenters. The Hall–Kier alpha value is -0.430. The molecule has 0 N–H and O–H groups in total. The molecule has 19 heavy (non-hydrogen) atoms. The zero-order valence-corrected chi connectivity index (χ0v) is 13.1. The summed E-state index contributed by atoms with van der Waals surface area (Å²) < 4.78 is 32.0. The third-order valence-corrected chi connectivity index (χ3v) is 5.45. The van der Waals surface area contributed by atoms with Gasteiger partial charge in [0.05, 0.1) is 17.6 Å². The number of sulfonamides is 1. The van der Waals surface area contributed by atoms with E-state index < -0.39 is 10.0 Å². The van der Waals surface area contributed by atoms with Crippen LogP contribution in [0.25, 0.3) is 0 Å². The highest BCUT2D eigenvalue weighted by molar-refractivity contribution is 9.09. The van der Waals surface area contributed by atoms with Gasteiger partial charge in [-0.15, -0.1) is 0 Å². The van der Waals surface area contributed by atoms with Gasteiger partial charge in [0.15, 0.2) is 0 Å². The fraction of sp³-hybridized carbons (Fsp3) is 0.538. The highest BCUT2D eigenvalue weighted by atomic mass is 79.9. The van der Waals surface area contributed by atoms with E-state index in [9.17, 15) is 8.42 Å². The molecule has 0 bridgehead atoms. The highest BCUT2D eigenvalue weighted by Gasteiger charge is 2.29. The molecular weight excluding hydrogens is 330 g/mol. The minimum absolute atomic E-state index is 0.180. The minimum atomic E-state index is -3.34. The van der Waals surface area contributed by atoms with Gasteiger partial charge < -0.3 is 4.74 Å². The smallest absolute Gasteiger partial charge is 0.243 e. The molecule has 1 aliphatic heterocycles. The lowest BCUT2D eigenvalue weighted by Crippen LogP contribution is -2.40. The normalized spacial score (nSPS) is 18.6. The minimum Gasteiger partial charge on any atom is -0.377 e. The van der Waals surface area contributed by atoms with Gasteiger partial charge in [0, 0.05) is 18.4 Å². The maximum absolute atomic E-state index is 12.4. The lowest BCUT2D eigenvalue weighted by molar-refractivity contribution is 0.0309. The van der Waals surface area contributed by atoms with E-state index in [2.05, 4.69) is 15.9 Å². The number of piperidine rings is 1. The molecule has 1 aromatic carbocycles. The number of benzene rings is 1. The molecule has 1 aromatic rings. The van der Waals surface area contributed by atoms with Crippen LogP contribution in [0.4, 0.5) is 0 Å². The summed E-state index contributed by atoms with van der Waals surface area (Å²) in [4.78, 5) is 0.370. The van der Waals surface area contributed by atoms with Crippen molar-refractivity contribution >= 4 is 26.0 Å². The number of alkyl halides is 1. The van der Waals surface area contributed by atoms with Crippen LogP contribution in [0.5, 0.6) is 0 Å². The first-order valence-electron chi connectivity index (χ1n) is 6.37. The molecule has 0 spiro atoms. The molecule has 0 radical (unpaired) electrons. The quantitative estimate of drug-likeness (QED) is 0.767. The van der Waals surface area contributed by atoms with Crippen molar-refractivity contribution in [3.8, 4) is 0 Å². The third kappa shape index (κ3) is 3.78. The second-order valence-corrected chi connectivity index (χ2v) is 7.21. The number of halogens is 1. The summed E-state index contributed by atoms with van der Waals surface area (Å²) in [5.74, 6) is 0. The van der Waals surface area contributed by atoms with Gasteiger partial charge in [-0.25, -0.2) is 8.42 Å². The van der Waals surface area contributed by atoms with E-state index in [1.54, 1.807) is 28.6 Å². The standard InChI is InChI=1S/C13H18BrNO3S/c14-8-11-18-12-6-9-15(10-7-12)19(16,17)13-4-2-1-3-5-13/h1-5,12H,6-11H2. The maximum atomic E-state index is 12.4. The van der Waals surface area contributed by atoms with E-state index >= 15 is 0 Å². The van der Waals surface area contributed by atoms with E-state index in [1.807, 2.05) is 6.07 Å². The number of rotatable bonds is 5. The summed E-state index contributed by atoms with van der Waals surface area (Å²) in [5, 5.41) is 0.815. The van der Waals surface area contributed by atoms with Crippen LogP contribution in [-0.4, -0.2) is 43.9 Å². The summed E-state index contributed by atoms with van der Waals surface area (Å²) in [5.41, 5.74) is 0. The molecule has 1 heterocycles.